The minimum atomic E-state index is 0.246. The molecule has 4 rings (SSSR count). The molecule has 1 unspecified atom stereocenters. The van der Waals surface area contributed by atoms with E-state index in [9.17, 15) is 4.79 Å². The zero-order valence-electron chi connectivity index (χ0n) is 17.2. The highest BCUT2D eigenvalue weighted by Crippen LogP contribution is 2.46. The molecule has 0 spiro atoms. The van der Waals surface area contributed by atoms with E-state index in [-0.39, 0.29) is 11.8 Å². The van der Waals surface area contributed by atoms with Crippen LogP contribution in [0.4, 0.5) is 5.82 Å². The molecule has 1 amide bonds. The molecular formula is C23H29N3O3. The van der Waals surface area contributed by atoms with Crippen LogP contribution in [0.3, 0.4) is 0 Å². The van der Waals surface area contributed by atoms with Crippen LogP contribution in [-0.4, -0.2) is 56.2 Å². The second-order valence-electron chi connectivity index (χ2n) is 7.82. The number of amides is 1. The fourth-order valence-electron chi connectivity index (χ4n) is 4.18. The highest BCUT2D eigenvalue weighted by molar-refractivity contribution is 5.77. The van der Waals surface area contributed by atoms with Gasteiger partial charge in [-0.25, -0.2) is 4.98 Å². The van der Waals surface area contributed by atoms with Gasteiger partial charge >= 0.3 is 0 Å². The molecule has 2 aliphatic rings. The van der Waals surface area contributed by atoms with Gasteiger partial charge in [-0.15, -0.1) is 0 Å². The van der Waals surface area contributed by atoms with Crippen molar-refractivity contribution in [2.24, 2.45) is 5.92 Å². The molecule has 1 aliphatic carbocycles. The largest absolute Gasteiger partial charge is 0.493 e. The molecule has 1 saturated carbocycles. The van der Waals surface area contributed by atoms with Gasteiger partial charge in [-0.3, -0.25) is 4.79 Å². The standard InChI is InChI=1S/C23H29N3O3/c1-28-20-9-8-18(15-21(20)29-2)19(17-6-7-17)16-23(27)26-13-11-25(12-14-26)22-5-3-4-10-24-22/h3-5,8-10,15,17,19H,6-7,11-14,16H2,1-2H3. The molecule has 1 saturated heterocycles. The van der Waals surface area contributed by atoms with Crippen LogP contribution in [0, 0.1) is 5.92 Å². The summed E-state index contributed by atoms with van der Waals surface area (Å²) in [7, 11) is 3.30. The third-order valence-corrected chi connectivity index (χ3v) is 6.03. The maximum atomic E-state index is 13.1. The quantitative estimate of drug-likeness (QED) is 0.720. The number of pyridine rings is 1. The second kappa shape index (κ2) is 8.72. The van der Waals surface area contributed by atoms with Gasteiger partial charge in [-0.05, 0) is 54.5 Å². The summed E-state index contributed by atoms with van der Waals surface area (Å²) in [5.41, 5.74) is 1.17. The normalized spacial score (nSPS) is 17.7. The van der Waals surface area contributed by atoms with Crippen molar-refractivity contribution in [3.8, 4) is 11.5 Å². The molecular weight excluding hydrogens is 366 g/mol. The average molecular weight is 396 g/mol. The van der Waals surface area contributed by atoms with E-state index in [1.54, 1.807) is 14.2 Å². The van der Waals surface area contributed by atoms with Crippen LogP contribution >= 0.6 is 0 Å². The first-order valence-electron chi connectivity index (χ1n) is 10.3. The van der Waals surface area contributed by atoms with E-state index >= 15 is 0 Å². The van der Waals surface area contributed by atoms with Crippen LogP contribution in [0.2, 0.25) is 0 Å². The van der Waals surface area contributed by atoms with Crippen molar-refractivity contribution in [2.45, 2.75) is 25.2 Å². The Morgan fingerprint density at radius 2 is 1.83 bits per heavy atom. The summed E-state index contributed by atoms with van der Waals surface area (Å²) in [6.07, 6.45) is 4.76. The first-order chi connectivity index (χ1) is 14.2. The lowest BCUT2D eigenvalue weighted by atomic mass is 9.90. The number of anilines is 1. The summed E-state index contributed by atoms with van der Waals surface area (Å²) in [6.45, 7) is 3.15. The number of aromatic nitrogens is 1. The van der Waals surface area contributed by atoms with Gasteiger partial charge in [0.05, 0.1) is 14.2 Å². The molecule has 2 heterocycles. The summed E-state index contributed by atoms with van der Waals surface area (Å²) >= 11 is 0. The number of nitrogens with zero attached hydrogens (tertiary/aromatic N) is 3. The highest BCUT2D eigenvalue weighted by Gasteiger charge is 2.35. The number of hydrogen-bond acceptors (Lipinski definition) is 5. The molecule has 2 fully saturated rings. The van der Waals surface area contributed by atoms with E-state index in [4.69, 9.17) is 9.47 Å². The summed E-state index contributed by atoms with van der Waals surface area (Å²) < 4.78 is 10.8. The highest BCUT2D eigenvalue weighted by atomic mass is 16.5. The Labute approximate surface area is 172 Å². The van der Waals surface area contributed by atoms with Crippen molar-refractivity contribution < 1.29 is 14.3 Å². The molecule has 0 N–H and O–H groups in total. The van der Waals surface area contributed by atoms with Gasteiger partial charge in [0, 0.05) is 38.8 Å². The molecule has 29 heavy (non-hydrogen) atoms. The van der Waals surface area contributed by atoms with Gasteiger partial charge in [-0.1, -0.05) is 12.1 Å². The maximum Gasteiger partial charge on any atom is 0.223 e. The number of carbonyl (C=O) groups excluding carboxylic acids is 1. The molecule has 6 nitrogen and oxygen atoms in total. The molecule has 0 radical (unpaired) electrons. The monoisotopic (exact) mass is 395 g/mol. The van der Waals surface area contributed by atoms with Crippen LogP contribution in [0.25, 0.3) is 0 Å². The predicted octanol–water partition coefficient (Wildman–Crippen LogP) is 3.33. The zero-order chi connectivity index (χ0) is 20.2. The van der Waals surface area contributed by atoms with Crippen molar-refractivity contribution >= 4 is 11.7 Å². The first-order valence-corrected chi connectivity index (χ1v) is 10.3. The van der Waals surface area contributed by atoms with Crippen LogP contribution in [0.15, 0.2) is 42.6 Å². The van der Waals surface area contributed by atoms with E-state index in [1.807, 2.05) is 41.4 Å². The third-order valence-electron chi connectivity index (χ3n) is 6.03. The molecule has 1 aromatic heterocycles. The molecule has 154 valence electrons. The summed E-state index contributed by atoms with van der Waals surface area (Å²) in [5, 5.41) is 0. The number of methoxy groups -OCH3 is 2. The van der Waals surface area contributed by atoms with Crippen molar-refractivity contribution in [1.82, 2.24) is 9.88 Å². The Balaban J connectivity index is 1.40. The van der Waals surface area contributed by atoms with E-state index in [1.165, 1.54) is 18.4 Å². The Hall–Kier alpha value is -2.76. The topological polar surface area (TPSA) is 54.9 Å². The van der Waals surface area contributed by atoms with Gasteiger partial charge in [0.15, 0.2) is 11.5 Å². The maximum absolute atomic E-state index is 13.1. The van der Waals surface area contributed by atoms with Crippen molar-refractivity contribution in [2.75, 3.05) is 45.3 Å². The van der Waals surface area contributed by atoms with E-state index in [0.717, 1.165) is 43.5 Å². The number of benzene rings is 1. The van der Waals surface area contributed by atoms with Gasteiger partial charge in [-0.2, -0.15) is 0 Å². The molecule has 2 aromatic rings. The Morgan fingerprint density at radius 3 is 2.45 bits per heavy atom. The number of piperazine rings is 1. The molecule has 1 atom stereocenters. The summed E-state index contributed by atoms with van der Waals surface area (Å²) in [4.78, 5) is 21.7. The second-order valence-corrected chi connectivity index (χ2v) is 7.82. The van der Waals surface area contributed by atoms with E-state index in [0.29, 0.717) is 12.3 Å². The van der Waals surface area contributed by atoms with Crippen LogP contribution in [-0.2, 0) is 4.79 Å². The van der Waals surface area contributed by atoms with Gasteiger partial charge in [0.2, 0.25) is 5.91 Å². The fraction of sp³-hybridized carbons (Fsp3) is 0.478. The molecule has 1 aromatic carbocycles. The molecule has 6 heteroatoms. The predicted molar refractivity (Wildman–Crippen MR) is 113 cm³/mol. The van der Waals surface area contributed by atoms with Crippen LogP contribution in [0.5, 0.6) is 11.5 Å². The van der Waals surface area contributed by atoms with Crippen molar-refractivity contribution in [1.29, 1.82) is 0 Å². The summed E-state index contributed by atoms with van der Waals surface area (Å²) in [6, 6.07) is 12.0. The molecule has 0 bridgehead atoms. The lowest BCUT2D eigenvalue weighted by molar-refractivity contribution is -0.132. The minimum absolute atomic E-state index is 0.246. The lowest BCUT2D eigenvalue weighted by Gasteiger charge is -2.36. The number of ether oxygens (including phenoxy) is 2. The van der Waals surface area contributed by atoms with E-state index < -0.39 is 0 Å². The van der Waals surface area contributed by atoms with Crippen molar-refractivity contribution in [3.05, 3.63) is 48.2 Å². The van der Waals surface area contributed by atoms with Gasteiger partial charge in [0.25, 0.3) is 0 Å². The zero-order valence-corrected chi connectivity index (χ0v) is 17.2. The Morgan fingerprint density at radius 1 is 1.07 bits per heavy atom. The van der Waals surface area contributed by atoms with Crippen molar-refractivity contribution in [3.63, 3.8) is 0 Å². The van der Waals surface area contributed by atoms with Gasteiger partial charge < -0.3 is 19.3 Å². The first kappa shape index (κ1) is 19.6. The Kier molecular flexibility index (Phi) is 5.88. The summed E-state index contributed by atoms with van der Waals surface area (Å²) in [5.74, 6) is 3.52. The lowest BCUT2D eigenvalue weighted by Crippen LogP contribution is -2.49. The number of hydrogen-bond donors (Lipinski definition) is 0. The average Bonchev–Trinajstić information content (AvgIpc) is 3.63. The van der Waals surface area contributed by atoms with Gasteiger partial charge in [0.1, 0.15) is 5.82 Å². The Bertz CT molecular complexity index is 831. The van der Waals surface area contributed by atoms with Crippen LogP contribution in [0.1, 0.15) is 30.7 Å². The third kappa shape index (κ3) is 4.47. The minimum Gasteiger partial charge on any atom is -0.493 e. The number of rotatable bonds is 7. The molecule has 1 aliphatic heterocycles. The fourth-order valence-corrected chi connectivity index (χ4v) is 4.18. The van der Waals surface area contributed by atoms with E-state index in [2.05, 4.69) is 16.0 Å². The van der Waals surface area contributed by atoms with Crippen LogP contribution < -0.4 is 14.4 Å². The SMILES string of the molecule is COc1ccc(C(CC(=O)N2CCN(c3ccccn3)CC2)C2CC2)cc1OC. The number of carbonyl (C=O) groups is 1. The smallest absolute Gasteiger partial charge is 0.223 e.